The molecule has 0 fully saturated rings. The third-order valence-electron chi connectivity index (χ3n) is 3.21. The molecule has 0 N–H and O–H groups in total. The van der Waals surface area contributed by atoms with E-state index in [1.165, 1.54) is 0 Å². The van der Waals surface area contributed by atoms with Gasteiger partial charge in [-0.25, -0.2) is 4.98 Å². The molecule has 1 heterocycles. The van der Waals surface area contributed by atoms with Crippen LogP contribution in [0.1, 0.15) is 36.5 Å². The van der Waals surface area contributed by atoms with Crippen LogP contribution in [-0.2, 0) is 6.54 Å². The molecule has 0 radical (unpaired) electrons. The summed E-state index contributed by atoms with van der Waals surface area (Å²) in [6.07, 6.45) is -4.90. The highest BCUT2D eigenvalue weighted by Crippen LogP contribution is 2.28. The summed E-state index contributed by atoms with van der Waals surface area (Å²) in [5.74, 6) is 0.623. The molecule has 110 valence electrons. The molecule has 1 unspecified atom stereocenters. The summed E-state index contributed by atoms with van der Waals surface area (Å²) in [6.45, 7) is 3.97. The Bertz CT molecular complexity index is 602. The van der Waals surface area contributed by atoms with E-state index in [1.54, 1.807) is 11.5 Å². The normalized spacial score (nSPS) is 13.9. The molecule has 2 nitrogen and oxygen atoms in total. The summed E-state index contributed by atoms with van der Waals surface area (Å²) >= 11 is 6.10. The molecule has 0 amide bonds. The predicted octanol–water partition coefficient (Wildman–Crippen LogP) is 4.99. The van der Waals surface area contributed by atoms with Crippen molar-refractivity contribution in [2.75, 3.05) is 0 Å². The second kappa shape index (κ2) is 5.64. The molecule has 2 rings (SSSR count). The van der Waals surface area contributed by atoms with Crippen molar-refractivity contribution in [1.82, 2.24) is 9.55 Å². The first-order valence-corrected chi connectivity index (χ1v) is 6.90. The van der Waals surface area contributed by atoms with Gasteiger partial charge in [-0.05, 0) is 31.9 Å². The number of hydrogen-bond acceptors (Lipinski definition) is 1. The predicted molar refractivity (Wildman–Crippen MR) is 74.0 cm³/mol. The van der Waals surface area contributed by atoms with Gasteiger partial charge in [0.25, 0.3) is 0 Å². The van der Waals surface area contributed by atoms with Gasteiger partial charge in [0.1, 0.15) is 5.82 Å². The SMILES string of the molecule is Cc1cccc2c1nc(C(C)Cl)n2CCCC(F)(F)F. The number of imidazole rings is 1. The van der Waals surface area contributed by atoms with Gasteiger partial charge in [-0.15, -0.1) is 11.6 Å². The smallest absolute Gasteiger partial charge is 0.327 e. The molecule has 0 aliphatic rings. The topological polar surface area (TPSA) is 17.8 Å². The van der Waals surface area contributed by atoms with E-state index in [1.807, 2.05) is 25.1 Å². The van der Waals surface area contributed by atoms with E-state index < -0.39 is 12.6 Å². The molecule has 1 atom stereocenters. The van der Waals surface area contributed by atoms with E-state index in [-0.39, 0.29) is 18.3 Å². The minimum absolute atomic E-state index is 0.0273. The zero-order valence-corrected chi connectivity index (χ0v) is 12.1. The molecule has 20 heavy (non-hydrogen) atoms. The molecule has 0 saturated heterocycles. The minimum atomic E-state index is -4.13. The number of halogens is 4. The van der Waals surface area contributed by atoms with Crippen molar-refractivity contribution in [1.29, 1.82) is 0 Å². The fraction of sp³-hybridized carbons (Fsp3) is 0.500. The monoisotopic (exact) mass is 304 g/mol. The quantitative estimate of drug-likeness (QED) is 0.728. The van der Waals surface area contributed by atoms with E-state index in [0.29, 0.717) is 5.82 Å². The summed E-state index contributed by atoms with van der Waals surface area (Å²) in [5.41, 5.74) is 2.65. The summed E-state index contributed by atoms with van der Waals surface area (Å²) in [7, 11) is 0. The zero-order chi connectivity index (χ0) is 14.9. The zero-order valence-electron chi connectivity index (χ0n) is 11.3. The fourth-order valence-corrected chi connectivity index (χ4v) is 2.45. The van der Waals surface area contributed by atoms with Crippen LogP contribution in [0.15, 0.2) is 18.2 Å². The Morgan fingerprint density at radius 2 is 2.05 bits per heavy atom. The van der Waals surface area contributed by atoms with E-state index in [9.17, 15) is 13.2 Å². The highest BCUT2D eigenvalue weighted by Gasteiger charge is 2.26. The molecule has 1 aromatic carbocycles. The van der Waals surface area contributed by atoms with E-state index in [0.717, 1.165) is 16.6 Å². The number of para-hydroxylation sites is 1. The van der Waals surface area contributed by atoms with Crippen molar-refractivity contribution in [2.45, 2.75) is 44.8 Å². The first-order valence-electron chi connectivity index (χ1n) is 6.46. The average Bonchev–Trinajstić information content (AvgIpc) is 2.68. The first kappa shape index (κ1) is 15.2. The number of rotatable bonds is 4. The van der Waals surface area contributed by atoms with Crippen LogP contribution < -0.4 is 0 Å². The molecule has 2 aromatic rings. The average molecular weight is 305 g/mol. The molecule has 0 aliphatic heterocycles. The van der Waals surface area contributed by atoms with Gasteiger partial charge in [-0.2, -0.15) is 13.2 Å². The van der Waals surface area contributed by atoms with E-state index >= 15 is 0 Å². The Morgan fingerprint density at radius 3 is 2.65 bits per heavy atom. The van der Waals surface area contributed by atoms with Gasteiger partial charge in [0.15, 0.2) is 0 Å². The number of aromatic nitrogens is 2. The van der Waals surface area contributed by atoms with Crippen molar-refractivity contribution in [3.8, 4) is 0 Å². The van der Waals surface area contributed by atoms with E-state index in [4.69, 9.17) is 11.6 Å². The Morgan fingerprint density at radius 1 is 1.35 bits per heavy atom. The molecule has 0 saturated carbocycles. The van der Waals surface area contributed by atoms with Crippen LogP contribution in [0.25, 0.3) is 11.0 Å². The third kappa shape index (κ3) is 3.26. The number of nitrogens with zero attached hydrogens (tertiary/aromatic N) is 2. The molecule has 0 aliphatic carbocycles. The lowest BCUT2D eigenvalue weighted by atomic mass is 10.2. The van der Waals surface area contributed by atoms with Crippen LogP contribution >= 0.6 is 11.6 Å². The van der Waals surface area contributed by atoms with E-state index in [2.05, 4.69) is 4.98 Å². The summed E-state index contributed by atoms with van der Waals surface area (Å²) < 4.78 is 38.6. The number of benzene rings is 1. The molecule has 1 aromatic heterocycles. The van der Waals surface area contributed by atoms with Gasteiger partial charge in [0.05, 0.1) is 16.4 Å². The van der Waals surface area contributed by atoms with Crippen LogP contribution in [0, 0.1) is 6.92 Å². The molecule has 0 bridgehead atoms. The minimum Gasteiger partial charge on any atom is -0.327 e. The highest BCUT2D eigenvalue weighted by molar-refractivity contribution is 6.20. The maximum Gasteiger partial charge on any atom is 0.389 e. The number of hydrogen-bond donors (Lipinski definition) is 0. The molecular weight excluding hydrogens is 289 g/mol. The number of fused-ring (bicyclic) bond motifs is 1. The Balaban J connectivity index is 2.34. The largest absolute Gasteiger partial charge is 0.389 e. The summed E-state index contributed by atoms with van der Waals surface area (Å²) in [5, 5.41) is -0.340. The number of alkyl halides is 4. The van der Waals surface area contributed by atoms with Crippen molar-refractivity contribution < 1.29 is 13.2 Å². The van der Waals surface area contributed by atoms with Crippen LogP contribution in [0.4, 0.5) is 13.2 Å². The third-order valence-corrected chi connectivity index (χ3v) is 3.40. The second-order valence-corrected chi connectivity index (χ2v) is 5.55. The van der Waals surface area contributed by atoms with Gasteiger partial charge >= 0.3 is 6.18 Å². The Kier molecular flexibility index (Phi) is 4.28. The maximum atomic E-state index is 12.3. The Hall–Kier alpha value is -1.23. The fourth-order valence-electron chi connectivity index (χ4n) is 2.28. The lowest BCUT2D eigenvalue weighted by Crippen LogP contribution is -2.11. The summed E-state index contributed by atoms with van der Waals surface area (Å²) in [6, 6.07) is 5.67. The highest BCUT2D eigenvalue weighted by atomic mass is 35.5. The summed E-state index contributed by atoms with van der Waals surface area (Å²) in [4.78, 5) is 4.48. The van der Waals surface area contributed by atoms with Crippen LogP contribution in [0.2, 0.25) is 0 Å². The van der Waals surface area contributed by atoms with Crippen LogP contribution in [0.5, 0.6) is 0 Å². The van der Waals surface area contributed by atoms with Gasteiger partial charge in [-0.3, -0.25) is 0 Å². The van der Waals surface area contributed by atoms with Gasteiger partial charge in [-0.1, -0.05) is 12.1 Å². The Labute approximate surface area is 120 Å². The van der Waals surface area contributed by atoms with Crippen molar-refractivity contribution in [3.63, 3.8) is 0 Å². The van der Waals surface area contributed by atoms with Crippen molar-refractivity contribution in [2.24, 2.45) is 0 Å². The maximum absolute atomic E-state index is 12.3. The van der Waals surface area contributed by atoms with Crippen molar-refractivity contribution in [3.05, 3.63) is 29.6 Å². The van der Waals surface area contributed by atoms with Crippen LogP contribution in [-0.4, -0.2) is 15.7 Å². The molecular formula is C14H16ClF3N2. The van der Waals surface area contributed by atoms with Crippen molar-refractivity contribution >= 4 is 22.6 Å². The lowest BCUT2D eigenvalue weighted by Gasteiger charge is -2.11. The lowest BCUT2D eigenvalue weighted by molar-refractivity contribution is -0.135. The molecule has 0 spiro atoms. The molecule has 6 heteroatoms. The first-order chi connectivity index (χ1) is 9.29. The van der Waals surface area contributed by atoms with Gasteiger partial charge in [0, 0.05) is 13.0 Å². The second-order valence-electron chi connectivity index (χ2n) is 4.90. The van der Waals surface area contributed by atoms with Gasteiger partial charge < -0.3 is 4.57 Å². The van der Waals surface area contributed by atoms with Crippen LogP contribution in [0.3, 0.4) is 0 Å². The number of aryl methyl sites for hydroxylation is 2. The standard InChI is InChI=1S/C14H16ClF3N2/c1-9-5-3-6-11-12(9)19-13(10(2)15)20(11)8-4-7-14(16,17)18/h3,5-6,10H,4,7-8H2,1-2H3. The van der Waals surface area contributed by atoms with Gasteiger partial charge in [0.2, 0.25) is 0 Å².